The van der Waals surface area contributed by atoms with Crippen LogP contribution < -0.4 is 15.8 Å². The van der Waals surface area contributed by atoms with Crippen molar-refractivity contribution in [2.45, 2.75) is 12.8 Å². The number of esters is 1. The Kier molecular flexibility index (Phi) is 6.29. The molecule has 152 valence electrons. The third kappa shape index (κ3) is 4.92. The van der Waals surface area contributed by atoms with Crippen molar-refractivity contribution in [3.63, 3.8) is 0 Å². The molecule has 30 heavy (non-hydrogen) atoms. The first kappa shape index (κ1) is 20.8. The van der Waals surface area contributed by atoms with E-state index in [-0.39, 0.29) is 40.8 Å². The highest BCUT2D eigenvalue weighted by Crippen LogP contribution is 2.20. The largest absolute Gasteiger partial charge is 0.452 e. The zero-order valence-corrected chi connectivity index (χ0v) is 16.2. The van der Waals surface area contributed by atoms with Crippen molar-refractivity contribution in [3.8, 4) is 6.07 Å². The number of nitrogens with one attached hydrogen (secondary N) is 2. The topological polar surface area (TPSA) is 129 Å². The average molecular weight is 427 g/mol. The van der Waals surface area contributed by atoms with E-state index in [0.717, 1.165) is 5.01 Å². The molecule has 1 heterocycles. The Labute approximate surface area is 176 Å². The number of hydrogen-bond acceptors (Lipinski definition) is 6. The molecular weight excluding hydrogens is 412 g/mol. The normalized spacial score (nSPS) is 13.3. The predicted molar refractivity (Wildman–Crippen MR) is 106 cm³/mol. The van der Waals surface area contributed by atoms with Crippen molar-refractivity contribution >= 4 is 46.7 Å². The molecule has 1 saturated heterocycles. The van der Waals surface area contributed by atoms with Crippen LogP contribution in [0.4, 0.5) is 11.4 Å². The number of halogens is 1. The Bertz CT molecular complexity index is 1060. The van der Waals surface area contributed by atoms with E-state index in [1.165, 1.54) is 42.5 Å². The molecule has 9 nitrogen and oxygen atoms in total. The summed E-state index contributed by atoms with van der Waals surface area (Å²) in [7, 11) is 0. The summed E-state index contributed by atoms with van der Waals surface area (Å²) in [5, 5.41) is 12.7. The van der Waals surface area contributed by atoms with E-state index in [0.29, 0.717) is 11.4 Å². The van der Waals surface area contributed by atoms with Gasteiger partial charge in [-0.05, 0) is 42.5 Å². The summed E-state index contributed by atoms with van der Waals surface area (Å²) < 4.78 is 4.97. The molecule has 1 aliphatic heterocycles. The van der Waals surface area contributed by atoms with Crippen LogP contribution in [0.5, 0.6) is 0 Å². The van der Waals surface area contributed by atoms with Gasteiger partial charge in [0.1, 0.15) is 6.07 Å². The van der Waals surface area contributed by atoms with Crippen molar-refractivity contribution < 1.29 is 23.9 Å². The van der Waals surface area contributed by atoms with Crippen LogP contribution in [0, 0.1) is 11.3 Å². The Morgan fingerprint density at radius 1 is 1.17 bits per heavy atom. The predicted octanol–water partition coefficient (Wildman–Crippen LogP) is 2.17. The summed E-state index contributed by atoms with van der Waals surface area (Å²) in [6, 6.07) is 12.1. The molecule has 0 aromatic heterocycles. The zero-order valence-electron chi connectivity index (χ0n) is 15.5. The van der Waals surface area contributed by atoms with Crippen molar-refractivity contribution in [2.24, 2.45) is 0 Å². The van der Waals surface area contributed by atoms with Crippen molar-refractivity contribution in [2.75, 3.05) is 16.9 Å². The summed E-state index contributed by atoms with van der Waals surface area (Å²) in [5.74, 6) is -1.84. The first-order valence-corrected chi connectivity index (χ1v) is 9.14. The highest BCUT2D eigenvalue weighted by atomic mass is 35.5. The maximum absolute atomic E-state index is 12.1. The second-order valence-corrected chi connectivity index (χ2v) is 6.65. The van der Waals surface area contributed by atoms with E-state index >= 15 is 0 Å². The molecule has 2 aromatic carbocycles. The molecule has 0 atom stereocenters. The maximum atomic E-state index is 12.1. The molecule has 0 unspecified atom stereocenters. The number of anilines is 2. The molecular formula is C20H15ClN4O5. The van der Waals surface area contributed by atoms with Gasteiger partial charge in [-0.3, -0.25) is 19.8 Å². The Balaban J connectivity index is 1.55. The molecule has 1 aliphatic rings. The summed E-state index contributed by atoms with van der Waals surface area (Å²) in [6.45, 7) is -0.529. The number of carbonyl (C=O) groups excluding carboxylic acids is 4. The van der Waals surface area contributed by atoms with E-state index in [1.54, 1.807) is 0 Å². The molecule has 3 rings (SSSR count). The Morgan fingerprint density at radius 2 is 1.90 bits per heavy atom. The lowest BCUT2D eigenvalue weighted by Gasteiger charge is -2.27. The van der Waals surface area contributed by atoms with E-state index in [1.807, 2.05) is 6.07 Å². The molecule has 1 fully saturated rings. The van der Waals surface area contributed by atoms with Gasteiger partial charge >= 0.3 is 5.97 Å². The first-order chi connectivity index (χ1) is 14.4. The Morgan fingerprint density at radius 3 is 2.57 bits per heavy atom. The molecule has 2 N–H and O–H groups in total. The molecule has 0 aliphatic carbocycles. The number of nitriles is 1. The van der Waals surface area contributed by atoms with Crippen molar-refractivity contribution in [1.82, 2.24) is 5.43 Å². The van der Waals surface area contributed by atoms with Crippen LogP contribution in [0.3, 0.4) is 0 Å². The molecule has 0 spiro atoms. The average Bonchev–Trinajstić information content (AvgIpc) is 2.74. The third-order valence-electron chi connectivity index (χ3n) is 4.12. The van der Waals surface area contributed by atoms with Crippen LogP contribution >= 0.6 is 11.6 Å². The number of nitrogens with zero attached hydrogens (tertiary/aromatic N) is 2. The van der Waals surface area contributed by atoms with Gasteiger partial charge in [0.15, 0.2) is 6.61 Å². The smallest absolute Gasteiger partial charge is 0.338 e. The Hall–Kier alpha value is -3.90. The molecule has 2 aromatic rings. The lowest BCUT2D eigenvalue weighted by atomic mass is 10.2. The van der Waals surface area contributed by atoms with Crippen molar-refractivity contribution in [1.29, 1.82) is 5.26 Å². The zero-order chi connectivity index (χ0) is 21.7. The summed E-state index contributed by atoms with van der Waals surface area (Å²) in [4.78, 5) is 47.4. The van der Waals surface area contributed by atoms with E-state index in [2.05, 4.69) is 10.7 Å². The first-order valence-electron chi connectivity index (χ1n) is 8.76. The number of benzene rings is 2. The molecule has 0 radical (unpaired) electrons. The van der Waals surface area contributed by atoms with Gasteiger partial charge in [-0.25, -0.2) is 9.80 Å². The van der Waals surface area contributed by atoms with Gasteiger partial charge in [0.2, 0.25) is 11.8 Å². The minimum Gasteiger partial charge on any atom is -0.452 e. The van der Waals surface area contributed by atoms with Gasteiger partial charge < -0.3 is 10.1 Å². The van der Waals surface area contributed by atoms with Gasteiger partial charge in [0.25, 0.3) is 5.91 Å². The van der Waals surface area contributed by atoms with Crippen LogP contribution in [-0.4, -0.2) is 30.3 Å². The summed E-state index contributed by atoms with van der Waals surface area (Å²) >= 11 is 5.90. The number of ether oxygens (including phenoxy) is 1. The minimum absolute atomic E-state index is 0.106. The molecule has 10 heteroatoms. The summed E-state index contributed by atoms with van der Waals surface area (Å²) in [5.41, 5.74) is 3.66. The quantitative estimate of drug-likeness (QED) is 0.705. The highest BCUT2D eigenvalue weighted by molar-refractivity contribution is 6.32. The van der Waals surface area contributed by atoms with E-state index in [9.17, 15) is 19.2 Å². The number of carbonyl (C=O) groups is 4. The van der Waals surface area contributed by atoms with Gasteiger partial charge in [-0.15, -0.1) is 0 Å². The number of hydrogen-bond donors (Lipinski definition) is 2. The fraction of sp³-hybridized carbons (Fsp3) is 0.150. The number of hydrazine groups is 1. The molecule has 3 amide bonds. The highest BCUT2D eigenvalue weighted by Gasteiger charge is 2.24. The SMILES string of the molecule is N#Cc1ccc(NC(=O)COC(=O)c2ccc(N3NC(=O)CCC3=O)cc2)cc1Cl. The lowest BCUT2D eigenvalue weighted by molar-refractivity contribution is -0.130. The van der Waals surface area contributed by atoms with Gasteiger partial charge in [-0.2, -0.15) is 5.26 Å². The van der Waals surface area contributed by atoms with Gasteiger partial charge in [-0.1, -0.05) is 11.6 Å². The fourth-order valence-corrected chi connectivity index (χ4v) is 2.85. The number of amides is 3. The van der Waals surface area contributed by atoms with Crippen LogP contribution in [0.25, 0.3) is 0 Å². The third-order valence-corrected chi connectivity index (χ3v) is 4.43. The van der Waals surface area contributed by atoms with E-state index in [4.69, 9.17) is 21.6 Å². The van der Waals surface area contributed by atoms with Crippen LogP contribution in [0.2, 0.25) is 5.02 Å². The van der Waals surface area contributed by atoms with Crippen molar-refractivity contribution in [3.05, 3.63) is 58.6 Å². The van der Waals surface area contributed by atoms with Crippen LogP contribution in [0.1, 0.15) is 28.8 Å². The number of rotatable bonds is 5. The second-order valence-electron chi connectivity index (χ2n) is 6.24. The van der Waals surface area contributed by atoms with Gasteiger partial charge in [0, 0.05) is 18.5 Å². The second kappa shape index (κ2) is 9.07. The minimum atomic E-state index is -0.733. The monoisotopic (exact) mass is 426 g/mol. The van der Waals surface area contributed by atoms with Crippen LogP contribution in [-0.2, 0) is 19.1 Å². The molecule has 0 bridgehead atoms. The fourth-order valence-electron chi connectivity index (χ4n) is 2.63. The molecule has 0 saturated carbocycles. The summed E-state index contributed by atoms with van der Waals surface area (Å²) in [6.07, 6.45) is 0.242. The standard InChI is InChI=1S/C20H15ClN4O5/c21-16-9-14(4-1-13(16)10-22)23-18(27)11-30-20(29)12-2-5-15(6-3-12)25-19(28)8-7-17(26)24-25/h1-6,9H,7-8,11H2,(H,23,27)(H,24,26). The van der Waals surface area contributed by atoms with Gasteiger partial charge in [0.05, 0.1) is 21.8 Å². The van der Waals surface area contributed by atoms with E-state index < -0.39 is 18.5 Å². The lowest BCUT2D eigenvalue weighted by Crippen LogP contribution is -2.50. The maximum Gasteiger partial charge on any atom is 0.338 e. The van der Waals surface area contributed by atoms with Crippen LogP contribution in [0.15, 0.2) is 42.5 Å².